The minimum atomic E-state index is 0.0546. The molecule has 4 heterocycles. The number of fused-ring (bicyclic) bond motifs is 1. The first kappa shape index (κ1) is 27.0. The van der Waals surface area contributed by atoms with E-state index in [0.717, 1.165) is 77.1 Å². The monoisotopic (exact) mass is 539 g/mol. The number of benzene rings is 1. The molecule has 0 bridgehead atoms. The number of nitriles is 1. The van der Waals surface area contributed by atoms with Gasteiger partial charge in [0.05, 0.1) is 11.3 Å². The van der Waals surface area contributed by atoms with Gasteiger partial charge in [0, 0.05) is 45.7 Å². The van der Waals surface area contributed by atoms with Gasteiger partial charge in [-0.15, -0.1) is 0 Å². The molecule has 2 unspecified atom stereocenters. The average Bonchev–Trinajstić information content (AvgIpc) is 3.56. The fourth-order valence-corrected chi connectivity index (χ4v) is 7.54. The molecule has 7 nitrogen and oxygen atoms in total. The van der Waals surface area contributed by atoms with Crippen LogP contribution < -0.4 is 0 Å². The summed E-state index contributed by atoms with van der Waals surface area (Å²) in [7, 11) is 0. The molecule has 3 saturated heterocycles. The van der Waals surface area contributed by atoms with E-state index in [9.17, 15) is 14.9 Å². The van der Waals surface area contributed by atoms with E-state index >= 15 is 0 Å². The smallest absolute Gasteiger partial charge is 0.255 e. The van der Waals surface area contributed by atoms with Crippen LogP contribution in [0.2, 0.25) is 0 Å². The number of likely N-dealkylation sites (tertiary alicyclic amines) is 3. The Labute approximate surface area is 238 Å². The van der Waals surface area contributed by atoms with E-state index in [-0.39, 0.29) is 11.3 Å². The number of nitrogens with zero attached hydrogens (tertiary/aromatic N) is 5. The summed E-state index contributed by atoms with van der Waals surface area (Å²) in [5.41, 5.74) is 4.04. The number of carbonyl (C=O) groups excluding carboxylic acids is 2. The normalized spacial score (nSPS) is 24.1. The lowest BCUT2D eigenvalue weighted by atomic mass is 9.70. The number of rotatable bonds is 7. The van der Waals surface area contributed by atoms with Gasteiger partial charge in [-0.1, -0.05) is 30.3 Å². The molecule has 1 aliphatic carbocycles. The van der Waals surface area contributed by atoms with Gasteiger partial charge in [0.25, 0.3) is 5.91 Å². The molecular weight excluding hydrogens is 498 g/mol. The van der Waals surface area contributed by atoms with Crippen molar-refractivity contribution in [3.05, 3.63) is 64.5 Å². The Balaban J connectivity index is 1.06. The molecule has 0 spiro atoms. The summed E-state index contributed by atoms with van der Waals surface area (Å²) < 4.78 is 0. The molecule has 7 heteroatoms. The third kappa shape index (κ3) is 5.39. The van der Waals surface area contributed by atoms with Crippen LogP contribution in [0.25, 0.3) is 0 Å². The molecule has 2 amide bonds. The van der Waals surface area contributed by atoms with Gasteiger partial charge >= 0.3 is 0 Å². The van der Waals surface area contributed by atoms with Gasteiger partial charge < -0.3 is 14.7 Å². The minimum absolute atomic E-state index is 0.0546. The number of hydrogen-bond donors (Lipinski definition) is 0. The van der Waals surface area contributed by atoms with Crippen molar-refractivity contribution < 1.29 is 9.59 Å². The SMILES string of the molecule is Cc1cc(C#N)nc(C)c1C(=O)N1CC2CN(CCC3(c4ccccc4)CCN(C(=O)CC4CC4)CC3)CC2C1. The predicted octanol–water partition coefficient (Wildman–Crippen LogP) is 4.32. The first-order valence-corrected chi connectivity index (χ1v) is 15.1. The van der Waals surface area contributed by atoms with Crippen molar-refractivity contribution in [3.63, 3.8) is 0 Å². The van der Waals surface area contributed by atoms with Gasteiger partial charge in [-0.25, -0.2) is 4.98 Å². The largest absolute Gasteiger partial charge is 0.343 e. The zero-order valence-corrected chi connectivity index (χ0v) is 23.9. The first-order chi connectivity index (χ1) is 19.3. The van der Waals surface area contributed by atoms with Crippen molar-refractivity contribution in [1.29, 1.82) is 5.26 Å². The lowest BCUT2D eigenvalue weighted by Crippen LogP contribution is -2.46. The van der Waals surface area contributed by atoms with Gasteiger partial charge in [-0.05, 0) is 92.9 Å². The van der Waals surface area contributed by atoms with Gasteiger partial charge in [0.1, 0.15) is 11.8 Å². The van der Waals surface area contributed by atoms with E-state index in [2.05, 4.69) is 51.2 Å². The molecule has 0 N–H and O–H groups in total. The Morgan fingerprint density at radius 3 is 2.27 bits per heavy atom. The topological polar surface area (TPSA) is 80.5 Å². The summed E-state index contributed by atoms with van der Waals surface area (Å²) in [5.74, 6) is 2.07. The number of piperidine rings is 1. The average molecular weight is 540 g/mol. The zero-order chi connectivity index (χ0) is 27.9. The number of pyridine rings is 1. The summed E-state index contributed by atoms with van der Waals surface area (Å²) >= 11 is 0. The third-order valence-corrected chi connectivity index (χ3v) is 10.1. The van der Waals surface area contributed by atoms with E-state index < -0.39 is 0 Å². The molecule has 2 atom stereocenters. The van der Waals surface area contributed by atoms with Crippen molar-refractivity contribution in [1.82, 2.24) is 19.7 Å². The van der Waals surface area contributed by atoms with Gasteiger partial charge in [-0.2, -0.15) is 5.26 Å². The highest BCUT2D eigenvalue weighted by molar-refractivity contribution is 5.97. The summed E-state index contributed by atoms with van der Waals surface area (Å²) in [4.78, 5) is 37.3. The highest BCUT2D eigenvalue weighted by Gasteiger charge is 2.44. The van der Waals surface area contributed by atoms with Crippen LogP contribution in [0.5, 0.6) is 0 Å². The molecule has 1 saturated carbocycles. The predicted molar refractivity (Wildman–Crippen MR) is 154 cm³/mol. The van der Waals surface area contributed by atoms with Crippen LogP contribution in [0.4, 0.5) is 0 Å². The van der Waals surface area contributed by atoms with Crippen molar-refractivity contribution in [3.8, 4) is 6.07 Å². The number of aromatic nitrogens is 1. The quantitative estimate of drug-likeness (QED) is 0.524. The number of amides is 2. The molecule has 2 aromatic rings. The van der Waals surface area contributed by atoms with Gasteiger partial charge in [-0.3, -0.25) is 9.59 Å². The van der Waals surface area contributed by atoms with Crippen molar-refractivity contribution >= 4 is 11.8 Å². The zero-order valence-electron chi connectivity index (χ0n) is 23.9. The number of aryl methyl sites for hydroxylation is 2. The molecule has 1 aromatic carbocycles. The number of hydrogen-bond acceptors (Lipinski definition) is 5. The fraction of sp³-hybridized carbons (Fsp3) is 0.576. The molecule has 3 aliphatic heterocycles. The lowest BCUT2D eigenvalue weighted by molar-refractivity contribution is -0.133. The highest BCUT2D eigenvalue weighted by Crippen LogP contribution is 2.41. The molecule has 40 heavy (non-hydrogen) atoms. The molecule has 4 aliphatic rings. The first-order valence-electron chi connectivity index (χ1n) is 15.1. The van der Waals surface area contributed by atoms with Gasteiger partial charge in [0.2, 0.25) is 5.91 Å². The summed E-state index contributed by atoms with van der Waals surface area (Å²) in [6.07, 6.45) is 6.38. The molecular formula is C33H41N5O2. The molecule has 210 valence electrons. The summed E-state index contributed by atoms with van der Waals surface area (Å²) in [6, 6.07) is 14.8. The van der Waals surface area contributed by atoms with Crippen LogP contribution in [0, 0.1) is 42.9 Å². The standard InChI is InChI=1S/C33H41N5O2/c1-23-16-29(18-34)35-24(2)31(23)32(40)38-21-26-19-36(20-27(26)22-38)13-10-33(28-6-4-3-5-7-28)11-14-37(15-12-33)30(39)17-25-8-9-25/h3-7,16,25-27H,8-15,17,19-22H2,1-2H3. The fourth-order valence-electron chi connectivity index (χ4n) is 7.54. The van der Waals surface area contributed by atoms with Crippen LogP contribution in [0.1, 0.15) is 71.4 Å². The van der Waals surface area contributed by atoms with Crippen LogP contribution in [-0.2, 0) is 10.2 Å². The Morgan fingerprint density at radius 2 is 1.68 bits per heavy atom. The molecule has 6 rings (SSSR count). The van der Waals surface area contributed by atoms with Crippen LogP contribution in [0.15, 0.2) is 36.4 Å². The second-order valence-electron chi connectivity index (χ2n) is 12.8. The lowest BCUT2D eigenvalue weighted by Gasteiger charge is -2.43. The Morgan fingerprint density at radius 1 is 1.00 bits per heavy atom. The van der Waals surface area contributed by atoms with E-state index in [0.29, 0.717) is 40.6 Å². The Bertz CT molecular complexity index is 1270. The van der Waals surface area contributed by atoms with Crippen LogP contribution in [-0.4, -0.2) is 77.3 Å². The summed E-state index contributed by atoms with van der Waals surface area (Å²) in [5, 5.41) is 9.20. The van der Waals surface area contributed by atoms with Crippen LogP contribution in [0.3, 0.4) is 0 Å². The van der Waals surface area contributed by atoms with E-state index in [1.54, 1.807) is 6.07 Å². The maximum absolute atomic E-state index is 13.4. The molecule has 1 aromatic heterocycles. The minimum Gasteiger partial charge on any atom is -0.343 e. The molecule has 4 fully saturated rings. The Kier molecular flexibility index (Phi) is 7.39. The third-order valence-electron chi connectivity index (χ3n) is 10.1. The van der Waals surface area contributed by atoms with E-state index in [4.69, 9.17) is 0 Å². The van der Waals surface area contributed by atoms with Crippen LogP contribution >= 0.6 is 0 Å². The number of carbonyl (C=O) groups is 2. The van der Waals surface area contributed by atoms with E-state index in [1.165, 1.54) is 18.4 Å². The Hall–Kier alpha value is -3.24. The molecule has 0 radical (unpaired) electrons. The second kappa shape index (κ2) is 11.0. The van der Waals surface area contributed by atoms with E-state index in [1.807, 2.05) is 18.7 Å². The van der Waals surface area contributed by atoms with Gasteiger partial charge in [0.15, 0.2) is 0 Å². The maximum Gasteiger partial charge on any atom is 0.255 e. The summed E-state index contributed by atoms with van der Waals surface area (Å²) in [6.45, 7) is 10.2. The van der Waals surface area contributed by atoms with Crippen molar-refractivity contribution in [2.75, 3.05) is 45.8 Å². The highest BCUT2D eigenvalue weighted by atomic mass is 16.2. The maximum atomic E-state index is 13.4. The van der Waals surface area contributed by atoms with Crippen molar-refractivity contribution in [2.45, 2.75) is 57.8 Å². The van der Waals surface area contributed by atoms with Crippen molar-refractivity contribution in [2.24, 2.45) is 17.8 Å². The second-order valence-corrected chi connectivity index (χ2v) is 12.8.